The van der Waals surface area contributed by atoms with Crippen LogP contribution in [0.3, 0.4) is 0 Å². The quantitative estimate of drug-likeness (QED) is 0.357. The van der Waals surface area contributed by atoms with Crippen LogP contribution in [0.25, 0.3) is 11.2 Å². The molecule has 1 aliphatic rings. The van der Waals surface area contributed by atoms with Crippen LogP contribution in [0, 0.1) is 0 Å². The van der Waals surface area contributed by atoms with E-state index in [1.54, 1.807) is 17.7 Å². The van der Waals surface area contributed by atoms with Gasteiger partial charge in [0.25, 0.3) is 5.56 Å². The van der Waals surface area contributed by atoms with E-state index in [0.717, 1.165) is 24.2 Å². The predicted molar refractivity (Wildman–Crippen MR) is 131 cm³/mol. The standard InChI is InChI=1S/C24H32N6O4/c1-4-14-34-17-19(31)16-30-20-21(26(2)24(33)27(3)22(20)32)25-23(30)29-12-10-28(11-13-29)15-18-8-6-5-7-9-18/h4-9,19,31H,1,10-17H2,2-3H3/t19-/m0/s1. The number of fused-ring (bicyclic) bond motifs is 1. The lowest BCUT2D eigenvalue weighted by atomic mass is 10.2. The second kappa shape index (κ2) is 10.4. The molecule has 182 valence electrons. The molecule has 0 bridgehead atoms. The molecule has 0 saturated carbocycles. The molecule has 0 unspecified atom stereocenters. The third-order valence-corrected chi connectivity index (χ3v) is 6.17. The third kappa shape index (κ3) is 4.84. The van der Waals surface area contributed by atoms with Gasteiger partial charge in [0.15, 0.2) is 11.2 Å². The summed E-state index contributed by atoms with van der Waals surface area (Å²) in [4.78, 5) is 34.7. The highest BCUT2D eigenvalue weighted by Crippen LogP contribution is 2.22. The molecule has 3 heterocycles. The summed E-state index contributed by atoms with van der Waals surface area (Å²) in [5, 5.41) is 10.6. The lowest BCUT2D eigenvalue weighted by molar-refractivity contribution is 0.0403. The second-order valence-electron chi connectivity index (χ2n) is 8.63. The topological polar surface area (TPSA) is 97.8 Å². The van der Waals surface area contributed by atoms with E-state index in [-0.39, 0.29) is 13.2 Å². The first-order chi connectivity index (χ1) is 16.4. The van der Waals surface area contributed by atoms with Crippen molar-refractivity contribution in [1.29, 1.82) is 0 Å². The minimum atomic E-state index is -0.850. The highest BCUT2D eigenvalue weighted by atomic mass is 16.5. The van der Waals surface area contributed by atoms with Crippen LogP contribution in [0.2, 0.25) is 0 Å². The van der Waals surface area contributed by atoms with Crippen LogP contribution < -0.4 is 16.1 Å². The molecular formula is C24H32N6O4. The van der Waals surface area contributed by atoms with E-state index >= 15 is 0 Å². The fourth-order valence-electron chi connectivity index (χ4n) is 4.35. The highest BCUT2D eigenvalue weighted by molar-refractivity contribution is 5.74. The normalized spacial score (nSPS) is 15.7. The molecule has 0 spiro atoms. The van der Waals surface area contributed by atoms with E-state index in [1.165, 1.54) is 17.2 Å². The number of benzene rings is 1. The van der Waals surface area contributed by atoms with Crippen molar-refractivity contribution < 1.29 is 9.84 Å². The molecule has 1 atom stereocenters. The average Bonchev–Trinajstić information content (AvgIpc) is 3.22. The van der Waals surface area contributed by atoms with Crippen LogP contribution in [0.15, 0.2) is 52.6 Å². The van der Waals surface area contributed by atoms with Gasteiger partial charge in [-0.25, -0.2) is 4.79 Å². The van der Waals surface area contributed by atoms with Gasteiger partial charge < -0.3 is 19.3 Å². The Bertz CT molecular complexity index is 1250. The van der Waals surface area contributed by atoms with E-state index in [1.807, 2.05) is 18.2 Å². The lowest BCUT2D eigenvalue weighted by Crippen LogP contribution is -2.47. The van der Waals surface area contributed by atoms with Crippen molar-refractivity contribution in [3.05, 3.63) is 69.4 Å². The van der Waals surface area contributed by atoms with Gasteiger partial charge in [0.05, 0.1) is 25.9 Å². The van der Waals surface area contributed by atoms with Gasteiger partial charge in [0, 0.05) is 46.8 Å². The van der Waals surface area contributed by atoms with Gasteiger partial charge in [-0.2, -0.15) is 4.98 Å². The van der Waals surface area contributed by atoms with E-state index in [0.29, 0.717) is 36.8 Å². The monoisotopic (exact) mass is 468 g/mol. The van der Waals surface area contributed by atoms with Crippen LogP contribution in [-0.2, 0) is 31.9 Å². The number of rotatable bonds is 9. The molecule has 34 heavy (non-hydrogen) atoms. The van der Waals surface area contributed by atoms with E-state index in [9.17, 15) is 14.7 Å². The molecule has 3 aromatic rings. The van der Waals surface area contributed by atoms with Gasteiger partial charge in [-0.15, -0.1) is 6.58 Å². The third-order valence-electron chi connectivity index (χ3n) is 6.17. The summed E-state index contributed by atoms with van der Waals surface area (Å²) < 4.78 is 9.58. The van der Waals surface area contributed by atoms with Crippen molar-refractivity contribution in [1.82, 2.24) is 23.6 Å². The van der Waals surface area contributed by atoms with Crippen molar-refractivity contribution in [2.75, 3.05) is 44.3 Å². The average molecular weight is 469 g/mol. The molecule has 0 amide bonds. The van der Waals surface area contributed by atoms with Crippen LogP contribution in [0.4, 0.5) is 5.95 Å². The lowest BCUT2D eigenvalue weighted by Gasteiger charge is -2.35. The van der Waals surface area contributed by atoms with Gasteiger partial charge in [-0.1, -0.05) is 36.4 Å². The highest BCUT2D eigenvalue weighted by Gasteiger charge is 2.26. The zero-order chi connectivity index (χ0) is 24.2. The number of piperazine rings is 1. The maximum absolute atomic E-state index is 13.1. The number of imidazole rings is 1. The van der Waals surface area contributed by atoms with Crippen molar-refractivity contribution in [2.24, 2.45) is 14.1 Å². The molecule has 1 aliphatic heterocycles. The van der Waals surface area contributed by atoms with Gasteiger partial charge in [-0.05, 0) is 5.56 Å². The Morgan fingerprint density at radius 3 is 2.50 bits per heavy atom. The molecule has 2 aromatic heterocycles. The van der Waals surface area contributed by atoms with Crippen molar-refractivity contribution in [2.45, 2.75) is 19.2 Å². The van der Waals surface area contributed by atoms with Crippen LogP contribution in [-0.4, -0.2) is 74.2 Å². The number of aryl methyl sites for hydroxylation is 1. The first-order valence-electron chi connectivity index (χ1n) is 11.4. The Morgan fingerprint density at radius 2 is 1.82 bits per heavy atom. The van der Waals surface area contributed by atoms with Crippen molar-refractivity contribution in [3.8, 4) is 0 Å². The summed E-state index contributed by atoms with van der Waals surface area (Å²) in [7, 11) is 3.06. The maximum Gasteiger partial charge on any atom is 0.332 e. The number of hydrogen-bond donors (Lipinski definition) is 1. The van der Waals surface area contributed by atoms with Gasteiger partial charge in [0.1, 0.15) is 0 Å². The first-order valence-corrected chi connectivity index (χ1v) is 11.4. The molecule has 1 N–H and O–H groups in total. The van der Waals surface area contributed by atoms with Crippen molar-refractivity contribution >= 4 is 17.1 Å². The first kappa shape index (κ1) is 23.9. The largest absolute Gasteiger partial charge is 0.389 e. The fourth-order valence-corrected chi connectivity index (χ4v) is 4.35. The molecule has 0 radical (unpaired) electrons. The molecule has 4 rings (SSSR count). The summed E-state index contributed by atoms with van der Waals surface area (Å²) in [6, 6.07) is 10.3. The summed E-state index contributed by atoms with van der Waals surface area (Å²) >= 11 is 0. The van der Waals surface area contributed by atoms with E-state index in [4.69, 9.17) is 9.72 Å². The van der Waals surface area contributed by atoms with Crippen LogP contribution >= 0.6 is 0 Å². The van der Waals surface area contributed by atoms with Gasteiger partial charge >= 0.3 is 5.69 Å². The Hall–Kier alpha value is -3.21. The number of hydrogen-bond acceptors (Lipinski definition) is 7. The molecular weight excluding hydrogens is 436 g/mol. The maximum atomic E-state index is 13.1. The smallest absolute Gasteiger partial charge is 0.332 e. The SMILES string of the molecule is C=CCOC[C@@H](O)Cn1c(N2CCN(Cc3ccccc3)CC2)nc2c1c(=O)n(C)c(=O)n2C. The van der Waals surface area contributed by atoms with Gasteiger partial charge in [0.2, 0.25) is 5.95 Å². The van der Waals surface area contributed by atoms with E-state index in [2.05, 4.69) is 28.5 Å². The Labute approximate surface area is 197 Å². The number of ether oxygens (including phenoxy) is 1. The fraction of sp³-hybridized carbons (Fsp3) is 0.458. The molecule has 10 heteroatoms. The summed E-state index contributed by atoms with van der Waals surface area (Å²) in [5.41, 5.74) is 1.02. The van der Waals surface area contributed by atoms with Gasteiger partial charge in [-0.3, -0.25) is 18.8 Å². The molecule has 10 nitrogen and oxygen atoms in total. The summed E-state index contributed by atoms with van der Waals surface area (Å²) in [6.45, 7) is 8.14. The van der Waals surface area contributed by atoms with E-state index < -0.39 is 17.4 Å². The summed E-state index contributed by atoms with van der Waals surface area (Å²) in [5.74, 6) is 0.579. The predicted octanol–water partition coefficient (Wildman–Crippen LogP) is 0.319. The Morgan fingerprint density at radius 1 is 1.12 bits per heavy atom. The number of aliphatic hydroxyl groups excluding tert-OH is 1. The zero-order valence-electron chi connectivity index (χ0n) is 19.8. The number of nitrogens with zero attached hydrogens (tertiary/aromatic N) is 6. The summed E-state index contributed by atoms with van der Waals surface area (Å²) in [6.07, 6.45) is 0.767. The molecule has 1 fully saturated rings. The molecule has 1 aromatic carbocycles. The number of aromatic nitrogens is 4. The Kier molecular flexibility index (Phi) is 7.30. The minimum absolute atomic E-state index is 0.0993. The molecule has 0 aliphatic carbocycles. The minimum Gasteiger partial charge on any atom is -0.389 e. The van der Waals surface area contributed by atoms with Crippen LogP contribution in [0.1, 0.15) is 5.56 Å². The zero-order valence-corrected chi connectivity index (χ0v) is 19.8. The molecule has 1 saturated heterocycles. The van der Waals surface area contributed by atoms with Crippen molar-refractivity contribution in [3.63, 3.8) is 0 Å². The Balaban J connectivity index is 1.63. The second-order valence-corrected chi connectivity index (χ2v) is 8.63. The number of anilines is 1. The number of aliphatic hydroxyl groups is 1. The van der Waals surface area contributed by atoms with Crippen LogP contribution in [0.5, 0.6) is 0 Å².